The Bertz CT molecular complexity index is 533. The van der Waals surface area contributed by atoms with Crippen LogP contribution in [0.15, 0.2) is 18.2 Å². The molecule has 0 saturated heterocycles. The van der Waals surface area contributed by atoms with Gasteiger partial charge in [0, 0.05) is 12.1 Å². The first-order chi connectivity index (χ1) is 10.3. The van der Waals surface area contributed by atoms with Gasteiger partial charge in [0.1, 0.15) is 11.4 Å². The molecule has 0 aromatic heterocycles. The van der Waals surface area contributed by atoms with Gasteiger partial charge in [-0.3, -0.25) is 5.32 Å². The smallest absolute Gasteiger partial charge is 0.412 e. The summed E-state index contributed by atoms with van der Waals surface area (Å²) in [7, 11) is 1.63. The molecule has 0 spiro atoms. The molecule has 22 heavy (non-hydrogen) atoms. The van der Waals surface area contributed by atoms with Gasteiger partial charge in [0.25, 0.3) is 0 Å². The molecule has 5 nitrogen and oxygen atoms in total. The first-order valence-corrected chi connectivity index (χ1v) is 7.73. The highest BCUT2D eigenvalue weighted by Crippen LogP contribution is 2.36. The first-order valence-electron chi connectivity index (χ1n) is 7.73. The van der Waals surface area contributed by atoms with Crippen molar-refractivity contribution in [1.82, 2.24) is 0 Å². The molecule has 1 atom stereocenters. The SMILES string of the molecule is COc1ccc(NC(=O)OC(C)(C)C)c(NC(C)C2CC2)c1. The molecule has 0 heterocycles. The molecule has 1 fully saturated rings. The predicted molar refractivity (Wildman–Crippen MR) is 88.7 cm³/mol. The fourth-order valence-corrected chi connectivity index (χ4v) is 2.25. The van der Waals surface area contributed by atoms with E-state index in [2.05, 4.69) is 17.6 Å². The second-order valence-corrected chi connectivity index (χ2v) is 6.81. The van der Waals surface area contributed by atoms with Crippen molar-refractivity contribution < 1.29 is 14.3 Å². The standard InChI is InChI=1S/C17H26N2O3/c1-11(12-6-7-12)18-15-10-13(21-5)8-9-14(15)19-16(20)22-17(2,3)4/h8-12,18H,6-7H2,1-5H3,(H,19,20). The molecule has 5 heteroatoms. The van der Waals surface area contributed by atoms with Gasteiger partial charge in [-0.25, -0.2) is 4.79 Å². The van der Waals surface area contributed by atoms with E-state index >= 15 is 0 Å². The van der Waals surface area contributed by atoms with E-state index in [9.17, 15) is 4.79 Å². The van der Waals surface area contributed by atoms with Crippen molar-refractivity contribution in [2.45, 2.75) is 52.2 Å². The minimum atomic E-state index is -0.522. The van der Waals surface area contributed by atoms with E-state index < -0.39 is 11.7 Å². The van der Waals surface area contributed by atoms with Crippen molar-refractivity contribution in [2.75, 3.05) is 17.7 Å². The lowest BCUT2D eigenvalue weighted by Gasteiger charge is -2.22. The molecule has 2 rings (SSSR count). The number of methoxy groups -OCH3 is 1. The number of carbonyl (C=O) groups excluding carboxylic acids is 1. The number of carbonyl (C=O) groups is 1. The molecule has 122 valence electrons. The summed E-state index contributed by atoms with van der Waals surface area (Å²) in [6, 6.07) is 5.90. The van der Waals surface area contributed by atoms with Crippen LogP contribution in [0.25, 0.3) is 0 Å². The largest absolute Gasteiger partial charge is 0.497 e. The number of amides is 1. The van der Waals surface area contributed by atoms with Crippen LogP contribution in [-0.4, -0.2) is 24.8 Å². The Labute approximate surface area is 132 Å². The average molecular weight is 306 g/mol. The van der Waals surface area contributed by atoms with Crippen LogP contribution in [0.2, 0.25) is 0 Å². The van der Waals surface area contributed by atoms with Gasteiger partial charge in [0.2, 0.25) is 0 Å². The van der Waals surface area contributed by atoms with Crippen molar-refractivity contribution in [2.24, 2.45) is 5.92 Å². The molecule has 1 amide bonds. The van der Waals surface area contributed by atoms with Gasteiger partial charge in [-0.2, -0.15) is 0 Å². The second-order valence-electron chi connectivity index (χ2n) is 6.81. The maximum absolute atomic E-state index is 12.0. The Morgan fingerprint density at radius 1 is 1.27 bits per heavy atom. The number of hydrogen-bond donors (Lipinski definition) is 2. The van der Waals surface area contributed by atoms with E-state index in [1.807, 2.05) is 39.0 Å². The molecular formula is C17H26N2O3. The summed E-state index contributed by atoms with van der Waals surface area (Å²) in [5, 5.41) is 6.27. The van der Waals surface area contributed by atoms with Crippen LogP contribution in [0.1, 0.15) is 40.5 Å². The van der Waals surface area contributed by atoms with Crippen molar-refractivity contribution in [3.05, 3.63) is 18.2 Å². The number of anilines is 2. The molecule has 1 aliphatic rings. The van der Waals surface area contributed by atoms with Gasteiger partial charge < -0.3 is 14.8 Å². The zero-order valence-electron chi connectivity index (χ0n) is 14.0. The quantitative estimate of drug-likeness (QED) is 0.853. The average Bonchev–Trinajstić information content (AvgIpc) is 3.22. The lowest BCUT2D eigenvalue weighted by Crippen LogP contribution is -2.28. The molecular weight excluding hydrogens is 280 g/mol. The number of rotatable bonds is 5. The molecule has 2 N–H and O–H groups in total. The molecule has 0 bridgehead atoms. The van der Waals surface area contributed by atoms with E-state index in [1.54, 1.807) is 7.11 Å². The van der Waals surface area contributed by atoms with E-state index in [0.717, 1.165) is 11.4 Å². The van der Waals surface area contributed by atoms with Gasteiger partial charge in [-0.05, 0) is 58.6 Å². The van der Waals surface area contributed by atoms with Gasteiger partial charge in [0.05, 0.1) is 18.5 Å². The van der Waals surface area contributed by atoms with Crippen LogP contribution in [0, 0.1) is 5.92 Å². The Kier molecular flexibility index (Phi) is 4.84. The highest BCUT2D eigenvalue weighted by Gasteiger charge is 2.28. The van der Waals surface area contributed by atoms with Crippen molar-refractivity contribution in [1.29, 1.82) is 0 Å². The van der Waals surface area contributed by atoms with Gasteiger partial charge in [-0.1, -0.05) is 0 Å². The topological polar surface area (TPSA) is 59.6 Å². The molecule has 1 aromatic rings. The third-order valence-corrected chi connectivity index (χ3v) is 3.57. The van der Waals surface area contributed by atoms with Gasteiger partial charge in [0.15, 0.2) is 0 Å². The summed E-state index contributed by atoms with van der Waals surface area (Å²) < 4.78 is 10.6. The fraction of sp³-hybridized carbons (Fsp3) is 0.588. The van der Waals surface area contributed by atoms with Gasteiger partial charge >= 0.3 is 6.09 Å². The highest BCUT2D eigenvalue weighted by atomic mass is 16.6. The Hall–Kier alpha value is -1.91. The summed E-state index contributed by atoms with van der Waals surface area (Å²) in [5.41, 5.74) is 1.03. The minimum absolute atomic E-state index is 0.367. The third kappa shape index (κ3) is 4.83. The lowest BCUT2D eigenvalue weighted by molar-refractivity contribution is 0.0636. The highest BCUT2D eigenvalue weighted by molar-refractivity contribution is 5.90. The van der Waals surface area contributed by atoms with Crippen LogP contribution in [-0.2, 0) is 4.74 Å². The van der Waals surface area contributed by atoms with E-state index in [-0.39, 0.29) is 0 Å². The normalized spacial score (nSPS) is 15.9. The maximum Gasteiger partial charge on any atom is 0.412 e. The van der Waals surface area contributed by atoms with E-state index in [4.69, 9.17) is 9.47 Å². The minimum Gasteiger partial charge on any atom is -0.497 e. The second kappa shape index (κ2) is 6.46. The summed E-state index contributed by atoms with van der Waals surface area (Å²) in [5.74, 6) is 1.46. The molecule has 1 aliphatic carbocycles. The molecule has 0 aliphatic heterocycles. The summed E-state index contributed by atoms with van der Waals surface area (Å²) >= 11 is 0. The number of hydrogen-bond acceptors (Lipinski definition) is 4. The monoisotopic (exact) mass is 306 g/mol. The first kappa shape index (κ1) is 16.5. The Balaban J connectivity index is 2.12. The number of nitrogens with one attached hydrogen (secondary N) is 2. The fourth-order valence-electron chi connectivity index (χ4n) is 2.25. The van der Waals surface area contributed by atoms with Gasteiger partial charge in [-0.15, -0.1) is 0 Å². The Morgan fingerprint density at radius 2 is 1.95 bits per heavy atom. The maximum atomic E-state index is 12.0. The van der Waals surface area contributed by atoms with Crippen LogP contribution in [0.5, 0.6) is 5.75 Å². The zero-order chi connectivity index (χ0) is 16.3. The van der Waals surface area contributed by atoms with Crippen molar-refractivity contribution in [3.63, 3.8) is 0 Å². The van der Waals surface area contributed by atoms with E-state index in [1.165, 1.54) is 12.8 Å². The summed E-state index contributed by atoms with van der Waals surface area (Å²) in [6.45, 7) is 7.69. The van der Waals surface area contributed by atoms with Crippen LogP contribution in [0.3, 0.4) is 0 Å². The predicted octanol–water partition coefficient (Wildman–Crippen LogP) is 4.25. The van der Waals surface area contributed by atoms with Crippen LogP contribution >= 0.6 is 0 Å². The molecule has 1 unspecified atom stereocenters. The number of ether oxygens (including phenoxy) is 2. The molecule has 1 aromatic carbocycles. The van der Waals surface area contributed by atoms with E-state index in [0.29, 0.717) is 17.6 Å². The third-order valence-electron chi connectivity index (χ3n) is 3.57. The number of benzene rings is 1. The molecule has 0 radical (unpaired) electrons. The Morgan fingerprint density at radius 3 is 2.50 bits per heavy atom. The summed E-state index contributed by atoms with van der Waals surface area (Å²) in [4.78, 5) is 12.0. The van der Waals surface area contributed by atoms with Crippen LogP contribution < -0.4 is 15.4 Å². The van der Waals surface area contributed by atoms with Crippen molar-refractivity contribution in [3.8, 4) is 5.75 Å². The molecule has 1 saturated carbocycles. The summed E-state index contributed by atoms with van der Waals surface area (Å²) in [6.07, 6.45) is 2.06. The van der Waals surface area contributed by atoms with Crippen LogP contribution in [0.4, 0.5) is 16.2 Å². The lowest BCUT2D eigenvalue weighted by atomic mass is 10.2. The zero-order valence-corrected chi connectivity index (χ0v) is 14.0. The van der Waals surface area contributed by atoms with Crippen molar-refractivity contribution >= 4 is 17.5 Å².